The van der Waals surface area contributed by atoms with Gasteiger partial charge in [-0.15, -0.1) is 11.3 Å². The molecule has 5 heteroatoms. The molecule has 2 aliphatic rings. The predicted molar refractivity (Wildman–Crippen MR) is 81.2 cm³/mol. The van der Waals surface area contributed by atoms with Crippen LogP contribution >= 0.6 is 11.3 Å². The zero-order chi connectivity index (χ0) is 15.6. The number of carbonyl (C=O) groups excluding carboxylic acids is 1. The molecule has 114 valence electrons. The summed E-state index contributed by atoms with van der Waals surface area (Å²) in [6, 6.07) is 1.03. The molecule has 0 saturated heterocycles. The highest BCUT2D eigenvalue weighted by Crippen LogP contribution is 2.69. The van der Waals surface area contributed by atoms with Gasteiger partial charge in [0.1, 0.15) is 0 Å². The summed E-state index contributed by atoms with van der Waals surface area (Å²) in [5.74, 6) is -1.03. The van der Waals surface area contributed by atoms with Crippen LogP contribution in [0.25, 0.3) is 0 Å². The van der Waals surface area contributed by atoms with Crippen molar-refractivity contribution in [3.8, 4) is 0 Å². The van der Waals surface area contributed by atoms with Crippen LogP contribution in [0, 0.1) is 16.7 Å². The topological polar surface area (TPSA) is 57.6 Å². The van der Waals surface area contributed by atoms with Crippen molar-refractivity contribution in [2.45, 2.75) is 40.2 Å². The fourth-order valence-electron chi connectivity index (χ4n) is 3.80. The van der Waals surface area contributed by atoms with E-state index in [1.54, 1.807) is 16.2 Å². The Kier molecular flexibility index (Phi) is 3.00. The zero-order valence-corrected chi connectivity index (χ0v) is 13.7. The third-order valence-corrected chi connectivity index (χ3v) is 6.75. The second kappa shape index (κ2) is 4.32. The third-order valence-electron chi connectivity index (χ3n) is 5.75. The van der Waals surface area contributed by atoms with Crippen LogP contribution in [0.3, 0.4) is 0 Å². The van der Waals surface area contributed by atoms with Crippen molar-refractivity contribution in [2.75, 3.05) is 6.54 Å². The lowest BCUT2D eigenvalue weighted by atomic mass is 9.98. The van der Waals surface area contributed by atoms with Crippen LogP contribution in [-0.2, 0) is 16.0 Å². The maximum Gasteiger partial charge on any atom is 0.331 e. The number of aliphatic carboxylic acids is 1. The van der Waals surface area contributed by atoms with Crippen LogP contribution in [0.1, 0.15) is 44.2 Å². The minimum Gasteiger partial charge on any atom is -0.479 e. The molecule has 2 heterocycles. The summed E-state index contributed by atoms with van der Waals surface area (Å²) in [7, 11) is 0. The lowest BCUT2D eigenvalue weighted by molar-refractivity contribution is -0.152. The van der Waals surface area contributed by atoms with Gasteiger partial charge in [0.25, 0.3) is 0 Å². The summed E-state index contributed by atoms with van der Waals surface area (Å²) >= 11 is 1.58. The lowest BCUT2D eigenvalue weighted by Gasteiger charge is -2.34. The molecule has 1 aromatic rings. The second-order valence-corrected chi connectivity index (χ2v) is 8.20. The number of fused-ring (bicyclic) bond motifs is 1. The van der Waals surface area contributed by atoms with Gasteiger partial charge in [0.05, 0.1) is 0 Å². The van der Waals surface area contributed by atoms with Crippen molar-refractivity contribution in [1.29, 1.82) is 0 Å². The van der Waals surface area contributed by atoms with E-state index in [9.17, 15) is 14.7 Å². The van der Waals surface area contributed by atoms with Gasteiger partial charge in [0.2, 0.25) is 5.91 Å². The molecule has 1 amide bonds. The Morgan fingerprint density at radius 3 is 2.43 bits per heavy atom. The van der Waals surface area contributed by atoms with Crippen LogP contribution < -0.4 is 0 Å². The molecule has 4 nitrogen and oxygen atoms in total. The molecule has 21 heavy (non-hydrogen) atoms. The van der Waals surface area contributed by atoms with Gasteiger partial charge in [-0.05, 0) is 34.3 Å². The van der Waals surface area contributed by atoms with Crippen LogP contribution in [0.4, 0.5) is 0 Å². The largest absolute Gasteiger partial charge is 0.479 e. The quantitative estimate of drug-likeness (QED) is 0.914. The van der Waals surface area contributed by atoms with E-state index in [1.807, 2.05) is 11.4 Å². The van der Waals surface area contributed by atoms with E-state index in [4.69, 9.17) is 0 Å². The number of rotatable bonds is 2. The van der Waals surface area contributed by atoms with Gasteiger partial charge in [0.15, 0.2) is 6.04 Å². The molecule has 1 aliphatic heterocycles. The summed E-state index contributed by atoms with van der Waals surface area (Å²) in [5, 5.41) is 11.5. The number of hydrogen-bond donors (Lipinski definition) is 1. The number of thiophene rings is 1. The van der Waals surface area contributed by atoms with Crippen molar-refractivity contribution >= 4 is 23.2 Å². The van der Waals surface area contributed by atoms with E-state index < -0.39 is 12.0 Å². The predicted octanol–water partition coefficient (Wildman–Crippen LogP) is 2.94. The molecular weight excluding hydrogens is 286 g/mol. The third kappa shape index (κ3) is 1.86. The Hall–Kier alpha value is -1.36. The van der Waals surface area contributed by atoms with Crippen molar-refractivity contribution in [2.24, 2.45) is 16.7 Å². The van der Waals surface area contributed by atoms with Crippen molar-refractivity contribution in [1.82, 2.24) is 4.90 Å². The van der Waals surface area contributed by atoms with E-state index >= 15 is 0 Å². The molecule has 0 aromatic carbocycles. The van der Waals surface area contributed by atoms with Gasteiger partial charge >= 0.3 is 5.97 Å². The molecule has 3 rings (SSSR count). The number of nitrogens with zero attached hydrogens (tertiary/aromatic N) is 1. The fraction of sp³-hybridized carbons (Fsp3) is 0.625. The van der Waals surface area contributed by atoms with Crippen LogP contribution in [0.2, 0.25) is 0 Å². The molecule has 1 N–H and O–H groups in total. The Balaban J connectivity index is 1.93. The van der Waals surface area contributed by atoms with Gasteiger partial charge in [-0.25, -0.2) is 4.79 Å². The van der Waals surface area contributed by atoms with E-state index in [0.717, 1.165) is 16.9 Å². The van der Waals surface area contributed by atoms with Gasteiger partial charge in [0, 0.05) is 17.3 Å². The second-order valence-electron chi connectivity index (χ2n) is 7.20. The van der Waals surface area contributed by atoms with Gasteiger partial charge in [-0.3, -0.25) is 4.79 Å². The maximum atomic E-state index is 12.9. The number of hydrogen-bond acceptors (Lipinski definition) is 3. The van der Waals surface area contributed by atoms with Crippen LogP contribution in [-0.4, -0.2) is 28.4 Å². The van der Waals surface area contributed by atoms with Crippen LogP contribution in [0.15, 0.2) is 11.4 Å². The molecule has 0 spiro atoms. The number of carboxylic acids is 1. The highest BCUT2D eigenvalue weighted by atomic mass is 32.1. The molecule has 1 aromatic heterocycles. The molecule has 1 saturated carbocycles. The summed E-state index contributed by atoms with van der Waals surface area (Å²) < 4.78 is 0. The Morgan fingerprint density at radius 1 is 1.29 bits per heavy atom. The standard InChI is InChI=1S/C16H21NO3S/c1-15(2)12(16(15,3)4)13(18)17-7-5-10-9(6-8-21-10)11(17)14(19)20/h6,8,11-12H,5,7H2,1-4H3,(H,19,20). The number of carbonyl (C=O) groups is 2. The van der Waals surface area contributed by atoms with E-state index in [-0.39, 0.29) is 22.7 Å². The van der Waals surface area contributed by atoms with Gasteiger partial charge in [-0.1, -0.05) is 27.7 Å². The summed E-state index contributed by atoms with van der Waals surface area (Å²) in [5.41, 5.74) is 0.660. The highest BCUT2D eigenvalue weighted by Gasteiger charge is 2.69. The SMILES string of the molecule is CC1(C)C(C(=O)N2CCc3sccc3C2C(=O)O)C1(C)C. The zero-order valence-electron chi connectivity index (χ0n) is 12.8. The van der Waals surface area contributed by atoms with Crippen molar-refractivity contribution < 1.29 is 14.7 Å². The summed E-state index contributed by atoms with van der Waals surface area (Å²) in [4.78, 5) is 27.3. The minimum atomic E-state index is -0.932. The average molecular weight is 307 g/mol. The first-order valence-corrected chi connectivity index (χ1v) is 8.17. The summed E-state index contributed by atoms with van der Waals surface area (Å²) in [6.07, 6.45) is 0.760. The Morgan fingerprint density at radius 2 is 1.90 bits per heavy atom. The molecule has 0 bridgehead atoms. The molecule has 1 unspecified atom stereocenters. The number of amides is 1. The van der Waals surface area contributed by atoms with E-state index in [1.165, 1.54) is 0 Å². The van der Waals surface area contributed by atoms with Gasteiger partial charge in [-0.2, -0.15) is 0 Å². The maximum absolute atomic E-state index is 12.9. The Labute approximate surface area is 128 Å². The van der Waals surface area contributed by atoms with Crippen molar-refractivity contribution in [3.63, 3.8) is 0 Å². The van der Waals surface area contributed by atoms with Crippen molar-refractivity contribution in [3.05, 3.63) is 21.9 Å². The lowest BCUT2D eigenvalue weighted by Crippen LogP contribution is -2.44. The summed E-state index contributed by atoms with van der Waals surface area (Å²) in [6.45, 7) is 8.86. The molecule has 1 atom stereocenters. The first-order chi connectivity index (χ1) is 9.69. The first-order valence-electron chi connectivity index (χ1n) is 7.29. The molecule has 0 radical (unpaired) electrons. The minimum absolute atomic E-state index is 0.00532. The molecule has 1 fully saturated rings. The van der Waals surface area contributed by atoms with Crippen LogP contribution in [0.5, 0.6) is 0 Å². The monoisotopic (exact) mass is 307 g/mol. The first kappa shape index (κ1) is 14.6. The molecule has 1 aliphatic carbocycles. The molecular formula is C16H21NO3S. The smallest absolute Gasteiger partial charge is 0.331 e. The van der Waals surface area contributed by atoms with Gasteiger partial charge < -0.3 is 10.0 Å². The van der Waals surface area contributed by atoms with E-state index in [0.29, 0.717) is 6.54 Å². The normalized spacial score (nSPS) is 26.3. The number of carboxylic acid groups (broad SMARTS) is 1. The average Bonchev–Trinajstić information content (AvgIpc) is 2.74. The van der Waals surface area contributed by atoms with E-state index in [2.05, 4.69) is 27.7 Å². The Bertz CT molecular complexity index is 603. The highest BCUT2D eigenvalue weighted by molar-refractivity contribution is 7.10. The fourth-order valence-corrected chi connectivity index (χ4v) is 4.70.